The number of piperidine rings is 1. The highest BCUT2D eigenvalue weighted by molar-refractivity contribution is 5.94. The summed E-state index contributed by atoms with van der Waals surface area (Å²) in [7, 11) is 0. The Kier molecular flexibility index (Phi) is 6.56. The summed E-state index contributed by atoms with van der Waals surface area (Å²) in [5.41, 5.74) is 8.97. The van der Waals surface area contributed by atoms with E-state index >= 15 is 0 Å². The number of nitrogens with two attached hydrogens (primary N) is 1. The third-order valence-electron chi connectivity index (χ3n) is 6.85. The Morgan fingerprint density at radius 1 is 1.16 bits per heavy atom. The highest BCUT2D eigenvalue weighted by Crippen LogP contribution is 2.40. The number of nitrogens with zero attached hydrogens (tertiary/aromatic N) is 2. The van der Waals surface area contributed by atoms with E-state index < -0.39 is 6.04 Å². The second-order valence-corrected chi connectivity index (χ2v) is 9.45. The van der Waals surface area contributed by atoms with Gasteiger partial charge < -0.3 is 15.2 Å². The maximum Gasteiger partial charge on any atom is 0.239 e. The van der Waals surface area contributed by atoms with Gasteiger partial charge in [-0.2, -0.15) is 0 Å². The van der Waals surface area contributed by atoms with Crippen molar-refractivity contribution in [3.8, 4) is 0 Å². The predicted octanol–water partition coefficient (Wildman–Crippen LogP) is 3.88. The zero-order chi connectivity index (χ0) is 22.0. The van der Waals surface area contributed by atoms with Gasteiger partial charge in [-0.15, -0.1) is 0 Å². The van der Waals surface area contributed by atoms with Crippen molar-refractivity contribution in [3.05, 3.63) is 52.9 Å². The molecule has 0 radical (unpaired) electrons. The second-order valence-electron chi connectivity index (χ2n) is 9.45. The largest absolute Gasteiger partial charge is 0.360 e. The van der Waals surface area contributed by atoms with Gasteiger partial charge in [-0.1, -0.05) is 41.9 Å². The molecule has 31 heavy (non-hydrogen) atoms. The number of amides is 1. The van der Waals surface area contributed by atoms with Gasteiger partial charge in [-0.05, 0) is 56.4 Å². The average Bonchev–Trinajstić information content (AvgIpc) is 3.51. The van der Waals surface area contributed by atoms with E-state index in [0.717, 1.165) is 37.0 Å². The summed E-state index contributed by atoms with van der Waals surface area (Å²) < 4.78 is 5.32. The van der Waals surface area contributed by atoms with Gasteiger partial charge in [0.2, 0.25) is 5.91 Å². The zero-order valence-electron chi connectivity index (χ0n) is 18.5. The Morgan fingerprint density at radius 2 is 1.84 bits per heavy atom. The summed E-state index contributed by atoms with van der Waals surface area (Å²) in [5.74, 6) is 2.08. The fraction of sp³-hybridized carbons (Fsp3) is 0.560. The van der Waals surface area contributed by atoms with Gasteiger partial charge >= 0.3 is 0 Å². The number of carbonyl (C=O) groups excluding carboxylic acids is 2. The first-order chi connectivity index (χ1) is 14.9. The number of Topliss-reactive ketones (excluding diaryl/α,β-unsaturated/α-hetero) is 1. The van der Waals surface area contributed by atoms with Crippen LogP contribution in [0.3, 0.4) is 0 Å². The third-order valence-corrected chi connectivity index (χ3v) is 6.85. The summed E-state index contributed by atoms with van der Waals surface area (Å²) in [5, 5.41) is 3.98. The first-order valence-electron chi connectivity index (χ1n) is 11.5. The molecule has 1 amide bonds. The highest BCUT2D eigenvalue weighted by Gasteiger charge is 2.31. The van der Waals surface area contributed by atoms with E-state index in [2.05, 4.69) is 12.1 Å². The van der Waals surface area contributed by atoms with Crippen LogP contribution in [0.5, 0.6) is 0 Å². The van der Waals surface area contributed by atoms with E-state index in [1.807, 2.05) is 42.2 Å². The molecule has 1 aromatic carbocycles. The molecule has 2 aromatic rings. The van der Waals surface area contributed by atoms with Crippen LogP contribution in [0.2, 0.25) is 0 Å². The molecule has 166 valence electrons. The lowest BCUT2D eigenvalue weighted by molar-refractivity contribution is -0.134. The van der Waals surface area contributed by atoms with Crippen LogP contribution in [-0.2, 0) is 11.2 Å². The monoisotopic (exact) mass is 423 g/mol. The molecule has 2 N–H and O–H groups in total. The van der Waals surface area contributed by atoms with E-state index in [1.54, 1.807) is 0 Å². The fourth-order valence-corrected chi connectivity index (χ4v) is 4.53. The van der Waals surface area contributed by atoms with E-state index in [4.69, 9.17) is 10.3 Å². The maximum absolute atomic E-state index is 12.8. The summed E-state index contributed by atoms with van der Waals surface area (Å²) in [6, 6.07) is 9.49. The molecule has 1 saturated carbocycles. The van der Waals surface area contributed by atoms with E-state index in [0.29, 0.717) is 43.5 Å². The van der Waals surface area contributed by atoms with Crippen LogP contribution in [0, 0.1) is 18.8 Å². The van der Waals surface area contributed by atoms with Crippen molar-refractivity contribution in [1.82, 2.24) is 10.1 Å². The van der Waals surface area contributed by atoms with Crippen molar-refractivity contribution in [3.63, 3.8) is 0 Å². The number of ketones is 1. The van der Waals surface area contributed by atoms with Crippen molar-refractivity contribution >= 4 is 11.7 Å². The molecule has 2 fully saturated rings. The Morgan fingerprint density at radius 3 is 2.48 bits per heavy atom. The Labute approximate surface area is 184 Å². The molecule has 1 saturated heterocycles. The van der Waals surface area contributed by atoms with Crippen LogP contribution < -0.4 is 5.73 Å². The van der Waals surface area contributed by atoms with Crippen molar-refractivity contribution in [2.45, 2.75) is 64.3 Å². The number of aryl methyl sites for hydroxylation is 1. The SMILES string of the molecule is Cc1ccc(C[C@H](N)C(=O)N2CCC(C(C)CC(=O)c3cc(C4CC4)on3)CC2)cc1. The fourth-order valence-electron chi connectivity index (χ4n) is 4.53. The number of benzene rings is 1. The van der Waals surface area contributed by atoms with Gasteiger partial charge in [0.1, 0.15) is 11.5 Å². The number of hydrogen-bond acceptors (Lipinski definition) is 5. The molecule has 2 atom stereocenters. The highest BCUT2D eigenvalue weighted by atomic mass is 16.5. The Bertz CT molecular complexity index is 908. The molecule has 6 heteroatoms. The minimum Gasteiger partial charge on any atom is -0.360 e. The van der Waals surface area contributed by atoms with Gasteiger partial charge in [0, 0.05) is 31.5 Å². The first-order valence-corrected chi connectivity index (χ1v) is 11.5. The van der Waals surface area contributed by atoms with Crippen molar-refractivity contribution < 1.29 is 14.1 Å². The molecule has 1 aliphatic carbocycles. The molecule has 2 heterocycles. The van der Waals surface area contributed by atoms with E-state index in [-0.39, 0.29) is 17.6 Å². The van der Waals surface area contributed by atoms with Crippen molar-refractivity contribution in [2.75, 3.05) is 13.1 Å². The summed E-state index contributed by atoms with van der Waals surface area (Å²) in [6.07, 6.45) is 5.11. The Hall–Kier alpha value is -2.47. The maximum atomic E-state index is 12.8. The minimum absolute atomic E-state index is 0.0259. The second kappa shape index (κ2) is 9.35. The lowest BCUT2D eigenvalue weighted by Gasteiger charge is -2.36. The summed E-state index contributed by atoms with van der Waals surface area (Å²) in [6.45, 7) is 5.59. The number of hydrogen-bond donors (Lipinski definition) is 1. The first kappa shape index (κ1) is 21.8. The standard InChI is InChI=1S/C25H33N3O3/c1-16-3-5-18(6-4-16)14-21(26)25(30)28-11-9-19(10-12-28)17(2)13-23(29)22-15-24(31-27-22)20-7-8-20/h3-6,15,17,19-21H,7-14,26H2,1-2H3/t17?,21-/m0/s1. The summed E-state index contributed by atoms with van der Waals surface area (Å²) >= 11 is 0. The number of carbonyl (C=O) groups is 2. The summed E-state index contributed by atoms with van der Waals surface area (Å²) in [4.78, 5) is 27.3. The van der Waals surface area contributed by atoms with Crippen LogP contribution in [0.15, 0.2) is 34.9 Å². The molecule has 0 bridgehead atoms. The smallest absolute Gasteiger partial charge is 0.239 e. The van der Waals surface area contributed by atoms with E-state index in [1.165, 1.54) is 5.56 Å². The van der Waals surface area contributed by atoms with Crippen LogP contribution in [-0.4, -0.2) is 40.9 Å². The number of likely N-dealkylation sites (tertiary alicyclic amines) is 1. The minimum atomic E-state index is -0.508. The molecular formula is C25H33N3O3. The lowest BCUT2D eigenvalue weighted by Crippen LogP contribution is -2.48. The number of aromatic nitrogens is 1. The number of rotatable bonds is 8. The van der Waals surface area contributed by atoms with Crippen molar-refractivity contribution in [1.29, 1.82) is 0 Å². The van der Waals surface area contributed by atoms with Gasteiger partial charge in [0.05, 0.1) is 6.04 Å². The molecule has 1 aromatic heterocycles. The van der Waals surface area contributed by atoms with Crippen LogP contribution >= 0.6 is 0 Å². The molecule has 1 aliphatic heterocycles. The normalized spacial score (nSPS) is 19.3. The van der Waals surface area contributed by atoms with Gasteiger partial charge in [0.25, 0.3) is 0 Å². The molecule has 6 nitrogen and oxygen atoms in total. The lowest BCUT2D eigenvalue weighted by atomic mass is 9.82. The van der Waals surface area contributed by atoms with Crippen molar-refractivity contribution in [2.24, 2.45) is 17.6 Å². The molecule has 0 spiro atoms. The van der Waals surface area contributed by atoms with Gasteiger partial charge in [0.15, 0.2) is 5.78 Å². The molecule has 2 aliphatic rings. The zero-order valence-corrected chi connectivity index (χ0v) is 18.5. The van der Waals surface area contributed by atoms with Crippen LogP contribution in [0.25, 0.3) is 0 Å². The predicted molar refractivity (Wildman–Crippen MR) is 119 cm³/mol. The van der Waals surface area contributed by atoms with Crippen LogP contribution in [0.4, 0.5) is 0 Å². The quantitative estimate of drug-likeness (QED) is 0.651. The molecule has 4 rings (SSSR count). The molecular weight excluding hydrogens is 390 g/mol. The third kappa shape index (κ3) is 5.42. The van der Waals surface area contributed by atoms with Crippen LogP contribution in [0.1, 0.15) is 72.3 Å². The average molecular weight is 424 g/mol. The van der Waals surface area contributed by atoms with Gasteiger partial charge in [-0.3, -0.25) is 9.59 Å². The topological polar surface area (TPSA) is 89.4 Å². The Balaban J connectivity index is 1.23. The van der Waals surface area contributed by atoms with Gasteiger partial charge in [-0.25, -0.2) is 0 Å². The molecule has 1 unspecified atom stereocenters. The van der Waals surface area contributed by atoms with E-state index in [9.17, 15) is 9.59 Å².